The van der Waals surface area contributed by atoms with E-state index in [-0.39, 0.29) is 0 Å². The predicted molar refractivity (Wildman–Crippen MR) is 76.4 cm³/mol. The Kier molecular flexibility index (Phi) is 3.27. The molecular formula is C15H22N4. The number of aromatic nitrogens is 3. The lowest BCUT2D eigenvalue weighted by atomic mass is 9.95. The number of fused-ring (bicyclic) bond motifs is 1. The maximum Gasteiger partial charge on any atom is 0.160 e. The molecule has 1 aliphatic rings. The summed E-state index contributed by atoms with van der Waals surface area (Å²) < 4.78 is 2.17. The Bertz CT molecular complexity index is 565. The Morgan fingerprint density at radius 2 is 1.89 bits per heavy atom. The third-order valence-corrected chi connectivity index (χ3v) is 4.20. The molecule has 2 aromatic rings. The molecule has 4 heteroatoms. The van der Waals surface area contributed by atoms with Gasteiger partial charge < -0.3 is 4.90 Å². The second kappa shape index (κ2) is 4.93. The lowest BCUT2D eigenvalue weighted by Gasteiger charge is -2.33. The number of hydrogen-bond donors (Lipinski definition) is 0. The Balaban J connectivity index is 1.84. The SMILES string of the molecule is Cc1ccc2nnc(C3CCN(C(C)C)CC3)n2c1. The van der Waals surface area contributed by atoms with E-state index in [9.17, 15) is 0 Å². The van der Waals surface area contributed by atoms with Crippen molar-refractivity contribution in [1.82, 2.24) is 19.5 Å². The van der Waals surface area contributed by atoms with Crippen LogP contribution in [0.25, 0.3) is 5.65 Å². The van der Waals surface area contributed by atoms with Crippen LogP contribution in [0.3, 0.4) is 0 Å². The summed E-state index contributed by atoms with van der Waals surface area (Å²) in [7, 11) is 0. The van der Waals surface area contributed by atoms with Gasteiger partial charge in [-0.3, -0.25) is 4.40 Å². The lowest BCUT2D eigenvalue weighted by Crippen LogP contribution is -2.38. The average molecular weight is 258 g/mol. The zero-order chi connectivity index (χ0) is 13.4. The van der Waals surface area contributed by atoms with Crippen LogP contribution >= 0.6 is 0 Å². The molecule has 2 aromatic heterocycles. The highest BCUT2D eigenvalue weighted by Gasteiger charge is 2.25. The quantitative estimate of drug-likeness (QED) is 0.830. The van der Waals surface area contributed by atoms with Crippen molar-refractivity contribution in [3.8, 4) is 0 Å². The van der Waals surface area contributed by atoms with Crippen molar-refractivity contribution in [2.24, 2.45) is 0 Å². The van der Waals surface area contributed by atoms with Crippen LogP contribution in [0.15, 0.2) is 18.3 Å². The summed E-state index contributed by atoms with van der Waals surface area (Å²) in [6, 6.07) is 4.79. The molecule has 0 bridgehead atoms. The van der Waals surface area contributed by atoms with Gasteiger partial charge in [0.25, 0.3) is 0 Å². The van der Waals surface area contributed by atoms with E-state index in [1.54, 1.807) is 0 Å². The molecule has 1 aliphatic heterocycles. The van der Waals surface area contributed by atoms with Gasteiger partial charge in [-0.05, 0) is 58.3 Å². The molecule has 3 heterocycles. The van der Waals surface area contributed by atoms with E-state index in [1.165, 1.54) is 31.5 Å². The van der Waals surface area contributed by atoms with Gasteiger partial charge in [-0.1, -0.05) is 6.07 Å². The topological polar surface area (TPSA) is 33.4 Å². The van der Waals surface area contributed by atoms with E-state index in [4.69, 9.17) is 0 Å². The van der Waals surface area contributed by atoms with Gasteiger partial charge in [0.15, 0.2) is 5.65 Å². The number of piperidine rings is 1. The Morgan fingerprint density at radius 3 is 2.58 bits per heavy atom. The number of rotatable bonds is 2. The molecule has 4 nitrogen and oxygen atoms in total. The summed E-state index contributed by atoms with van der Waals surface area (Å²) in [5, 5.41) is 8.71. The summed E-state index contributed by atoms with van der Waals surface area (Å²) >= 11 is 0. The van der Waals surface area contributed by atoms with E-state index in [0.717, 1.165) is 11.5 Å². The van der Waals surface area contributed by atoms with Crippen molar-refractivity contribution >= 4 is 5.65 Å². The van der Waals surface area contributed by atoms with Gasteiger partial charge >= 0.3 is 0 Å². The van der Waals surface area contributed by atoms with Gasteiger partial charge in [-0.25, -0.2) is 0 Å². The number of pyridine rings is 1. The first kappa shape index (κ1) is 12.6. The number of aryl methyl sites for hydroxylation is 1. The first-order valence-corrected chi connectivity index (χ1v) is 7.20. The highest BCUT2D eigenvalue weighted by Crippen LogP contribution is 2.27. The molecule has 0 N–H and O–H groups in total. The summed E-state index contributed by atoms with van der Waals surface area (Å²) in [6.45, 7) is 9.00. The fraction of sp³-hybridized carbons (Fsp3) is 0.600. The van der Waals surface area contributed by atoms with Crippen LogP contribution in [0.5, 0.6) is 0 Å². The third kappa shape index (κ3) is 2.37. The molecule has 0 aromatic carbocycles. The third-order valence-electron chi connectivity index (χ3n) is 4.20. The van der Waals surface area contributed by atoms with Crippen LogP contribution in [-0.4, -0.2) is 38.6 Å². The van der Waals surface area contributed by atoms with Crippen LogP contribution in [0, 0.1) is 6.92 Å². The van der Waals surface area contributed by atoms with Gasteiger partial charge in [0.2, 0.25) is 0 Å². The fourth-order valence-electron chi connectivity index (χ4n) is 2.97. The molecule has 0 unspecified atom stereocenters. The molecule has 0 saturated carbocycles. The van der Waals surface area contributed by atoms with Gasteiger partial charge in [0.05, 0.1) is 0 Å². The first-order valence-electron chi connectivity index (χ1n) is 7.20. The fourth-order valence-corrected chi connectivity index (χ4v) is 2.97. The first-order chi connectivity index (χ1) is 9.15. The Labute approximate surface area is 114 Å². The molecule has 0 radical (unpaired) electrons. The second-order valence-electron chi connectivity index (χ2n) is 5.90. The molecule has 3 rings (SSSR count). The summed E-state index contributed by atoms with van der Waals surface area (Å²) in [5.41, 5.74) is 2.22. The van der Waals surface area contributed by atoms with E-state index >= 15 is 0 Å². The predicted octanol–water partition coefficient (Wildman–Crippen LogP) is 2.63. The maximum absolute atomic E-state index is 4.42. The van der Waals surface area contributed by atoms with E-state index in [1.807, 2.05) is 0 Å². The molecule has 19 heavy (non-hydrogen) atoms. The van der Waals surface area contributed by atoms with Crippen LogP contribution in [-0.2, 0) is 0 Å². The smallest absolute Gasteiger partial charge is 0.160 e. The standard InChI is InChI=1S/C15H22N4/c1-11(2)18-8-6-13(7-9-18)15-17-16-14-5-4-12(3)10-19(14)15/h4-5,10-11,13H,6-9H2,1-3H3. The second-order valence-corrected chi connectivity index (χ2v) is 5.90. The minimum absolute atomic E-state index is 0.548. The molecule has 102 valence electrons. The highest BCUT2D eigenvalue weighted by molar-refractivity contribution is 5.39. The van der Waals surface area contributed by atoms with E-state index in [0.29, 0.717) is 12.0 Å². The van der Waals surface area contributed by atoms with Crippen LogP contribution in [0.2, 0.25) is 0 Å². The average Bonchev–Trinajstić information content (AvgIpc) is 2.81. The zero-order valence-corrected chi connectivity index (χ0v) is 12.0. The van der Waals surface area contributed by atoms with Gasteiger partial charge in [-0.15, -0.1) is 10.2 Å². The van der Waals surface area contributed by atoms with E-state index < -0.39 is 0 Å². The summed E-state index contributed by atoms with van der Waals surface area (Å²) in [6.07, 6.45) is 4.53. The molecule has 0 spiro atoms. The van der Waals surface area contributed by atoms with Crippen molar-refractivity contribution in [3.05, 3.63) is 29.7 Å². The van der Waals surface area contributed by atoms with Gasteiger partial charge in [0.1, 0.15) is 5.82 Å². The van der Waals surface area contributed by atoms with Crippen molar-refractivity contribution in [2.75, 3.05) is 13.1 Å². The van der Waals surface area contributed by atoms with Crippen LogP contribution < -0.4 is 0 Å². The number of hydrogen-bond acceptors (Lipinski definition) is 3. The van der Waals surface area contributed by atoms with Gasteiger partial charge in [-0.2, -0.15) is 0 Å². The Hall–Kier alpha value is -1.42. The molecular weight excluding hydrogens is 236 g/mol. The van der Waals surface area contributed by atoms with E-state index in [2.05, 4.69) is 58.6 Å². The summed E-state index contributed by atoms with van der Waals surface area (Å²) in [5.74, 6) is 1.69. The molecule has 1 saturated heterocycles. The molecule has 1 fully saturated rings. The molecule has 0 atom stereocenters. The maximum atomic E-state index is 4.42. The Morgan fingerprint density at radius 1 is 1.16 bits per heavy atom. The largest absolute Gasteiger partial charge is 0.301 e. The van der Waals surface area contributed by atoms with Crippen molar-refractivity contribution in [1.29, 1.82) is 0 Å². The lowest BCUT2D eigenvalue weighted by molar-refractivity contribution is 0.169. The van der Waals surface area contributed by atoms with Crippen molar-refractivity contribution in [3.63, 3.8) is 0 Å². The van der Waals surface area contributed by atoms with Crippen molar-refractivity contribution < 1.29 is 0 Å². The van der Waals surface area contributed by atoms with Gasteiger partial charge in [0, 0.05) is 18.2 Å². The molecule has 0 amide bonds. The zero-order valence-electron chi connectivity index (χ0n) is 12.0. The van der Waals surface area contributed by atoms with Crippen molar-refractivity contribution in [2.45, 2.75) is 45.6 Å². The summed E-state index contributed by atoms with van der Waals surface area (Å²) in [4.78, 5) is 2.55. The molecule has 0 aliphatic carbocycles. The monoisotopic (exact) mass is 258 g/mol. The minimum atomic E-state index is 0.548. The number of nitrogens with zero attached hydrogens (tertiary/aromatic N) is 4. The van der Waals surface area contributed by atoms with Crippen LogP contribution in [0.1, 0.15) is 44.0 Å². The van der Waals surface area contributed by atoms with Crippen LogP contribution in [0.4, 0.5) is 0 Å². The minimum Gasteiger partial charge on any atom is -0.301 e. The highest BCUT2D eigenvalue weighted by atomic mass is 15.3. The number of likely N-dealkylation sites (tertiary alicyclic amines) is 1. The normalized spacial score (nSPS) is 18.5.